The van der Waals surface area contributed by atoms with E-state index in [-0.39, 0.29) is 49.1 Å². The zero-order chi connectivity index (χ0) is 30.4. The molecule has 5 rings (SSSR count). The molecule has 2 aliphatic rings. The number of aliphatic hydroxyl groups excluding tert-OH is 1. The zero-order valence-corrected chi connectivity index (χ0v) is 25.1. The minimum atomic E-state index is -3.99. The number of alkyl carbamates (subject to hydrolysis) is 1. The Hall–Kier alpha value is -3.42. The smallest absolute Gasteiger partial charge is 0.407 e. The van der Waals surface area contributed by atoms with Crippen LogP contribution in [0.4, 0.5) is 4.79 Å². The number of sulfonamides is 1. The normalized spacial score (nSPS) is 21.5. The molecule has 43 heavy (non-hydrogen) atoms. The molecule has 0 aliphatic carbocycles. The van der Waals surface area contributed by atoms with Gasteiger partial charge < -0.3 is 24.6 Å². The molecule has 2 N–H and O–H groups in total. The predicted molar refractivity (Wildman–Crippen MR) is 158 cm³/mol. The highest BCUT2D eigenvalue weighted by Crippen LogP contribution is 2.33. The summed E-state index contributed by atoms with van der Waals surface area (Å²) in [5, 5.41) is 14.3. The van der Waals surface area contributed by atoms with Crippen LogP contribution in [0, 0.1) is 11.8 Å². The lowest BCUT2D eigenvalue weighted by Crippen LogP contribution is -2.51. The van der Waals surface area contributed by atoms with Crippen molar-refractivity contribution in [3.8, 4) is 11.3 Å². The molecular formula is C31H38N4O7S. The van der Waals surface area contributed by atoms with Crippen molar-refractivity contribution in [2.45, 2.75) is 56.1 Å². The number of aliphatic hydroxyl groups is 1. The van der Waals surface area contributed by atoms with Crippen molar-refractivity contribution in [2.24, 2.45) is 11.8 Å². The fraction of sp³-hybridized carbons (Fsp3) is 0.452. The molecule has 3 aromatic rings. The van der Waals surface area contributed by atoms with E-state index >= 15 is 0 Å². The van der Waals surface area contributed by atoms with Crippen molar-refractivity contribution in [3.05, 3.63) is 78.8 Å². The number of hydrogen-bond donors (Lipinski definition) is 2. The van der Waals surface area contributed by atoms with Gasteiger partial charge in [0, 0.05) is 31.0 Å². The highest BCUT2D eigenvalue weighted by atomic mass is 32.2. The average molecular weight is 611 g/mol. The van der Waals surface area contributed by atoms with Gasteiger partial charge in [-0.2, -0.15) is 4.31 Å². The van der Waals surface area contributed by atoms with Crippen molar-refractivity contribution in [2.75, 3.05) is 26.3 Å². The van der Waals surface area contributed by atoms with Crippen molar-refractivity contribution < 1.29 is 32.5 Å². The first-order valence-corrected chi connectivity index (χ1v) is 15.9. The summed E-state index contributed by atoms with van der Waals surface area (Å²) in [6, 6.07) is 15.0. The average Bonchev–Trinajstić information content (AvgIpc) is 3.62. The first-order chi connectivity index (χ1) is 20.7. The Labute approximate surface area is 252 Å². The van der Waals surface area contributed by atoms with E-state index in [1.54, 1.807) is 30.7 Å². The van der Waals surface area contributed by atoms with Crippen LogP contribution in [0.1, 0.15) is 25.8 Å². The number of rotatable bonds is 12. The Bertz CT molecular complexity index is 1440. The second kappa shape index (κ2) is 13.9. The van der Waals surface area contributed by atoms with Gasteiger partial charge in [-0.25, -0.2) is 13.2 Å². The number of hydrogen-bond acceptors (Lipinski definition) is 9. The second-order valence-corrected chi connectivity index (χ2v) is 13.2. The minimum Gasteiger partial charge on any atom is -0.443 e. The molecular weight excluding hydrogens is 572 g/mol. The topological polar surface area (TPSA) is 140 Å². The van der Waals surface area contributed by atoms with E-state index < -0.39 is 34.4 Å². The third-order valence-corrected chi connectivity index (χ3v) is 9.47. The van der Waals surface area contributed by atoms with Crippen molar-refractivity contribution in [3.63, 3.8) is 0 Å². The lowest BCUT2D eigenvalue weighted by molar-refractivity contribution is -0.0907. The second-order valence-electron chi connectivity index (χ2n) is 11.3. The Morgan fingerprint density at radius 3 is 2.56 bits per heavy atom. The van der Waals surface area contributed by atoms with E-state index in [1.165, 1.54) is 16.4 Å². The molecule has 0 radical (unpaired) electrons. The molecule has 230 valence electrons. The van der Waals surface area contributed by atoms with Gasteiger partial charge in [-0.3, -0.25) is 9.97 Å². The standard InChI is InChI=1S/C31H38N4O7S/c1-21(2)18-35(43(38,39)24-10-8-23(9-11-24)27-17-32-13-14-33-27)19-28(36)26(16-22-6-4-3-5-7-22)34-31(37)42-29-20-41-30-25(29)12-15-40-30/h3-11,13-14,17,21,25-26,28-30,36H,12,15-16,18-20H2,1-2H3,(H,34,37)/t25-,26-,28-,29-,30+/m0/s1. The number of nitrogens with zero attached hydrogens (tertiary/aromatic N) is 3. The first kappa shape index (κ1) is 31.0. The number of fused-ring (bicyclic) bond motifs is 1. The summed E-state index contributed by atoms with van der Waals surface area (Å²) < 4.78 is 45.7. The van der Waals surface area contributed by atoms with Crippen molar-refractivity contribution in [1.29, 1.82) is 0 Å². The molecule has 0 spiro atoms. The molecule has 2 saturated heterocycles. The highest BCUT2D eigenvalue weighted by molar-refractivity contribution is 7.89. The Morgan fingerprint density at radius 1 is 1.09 bits per heavy atom. The third-order valence-electron chi connectivity index (χ3n) is 7.62. The molecule has 2 aliphatic heterocycles. The Morgan fingerprint density at radius 2 is 1.86 bits per heavy atom. The van der Waals surface area contributed by atoms with Gasteiger partial charge in [0.05, 0.1) is 48.1 Å². The summed E-state index contributed by atoms with van der Waals surface area (Å²) in [6.07, 6.45) is 3.01. The van der Waals surface area contributed by atoms with Gasteiger partial charge in [0.2, 0.25) is 10.0 Å². The van der Waals surface area contributed by atoms with Crippen LogP contribution in [-0.4, -0.2) is 84.7 Å². The van der Waals surface area contributed by atoms with E-state index in [0.29, 0.717) is 12.3 Å². The molecule has 12 heteroatoms. The van der Waals surface area contributed by atoms with Gasteiger partial charge >= 0.3 is 6.09 Å². The van der Waals surface area contributed by atoms with Crippen LogP contribution in [0.15, 0.2) is 78.1 Å². The molecule has 5 atom stereocenters. The van der Waals surface area contributed by atoms with Gasteiger partial charge in [0.25, 0.3) is 0 Å². The van der Waals surface area contributed by atoms with Crippen LogP contribution in [-0.2, 0) is 30.7 Å². The van der Waals surface area contributed by atoms with Crippen LogP contribution in [0.5, 0.6) is 0 Å². The van der Waals surface area contributed by atoms with E-state index in [2.05, 4.69) is 15.3 Å². The summed E-state index contributed by atoms with van der Waals surface area (Å²) in [5.74, 6) is -0.0504. The van der Waals surface area contributed by atoms with Gasteiger partial charge in [0.15, 0.2) is 6.29 Å². The number of nitrogens with one attached hydrogen (secondary N) is 1. The summed E-state index contributed by atoms with van der Waals surface area (Å²) in [7, 11) is -3.99. The number of carbonyl (C=O) groups excluding carboxylic acids is 1. The van der Waals surface area contributed by atoms with Crippen molar-refractivity contribution >= 4 is 16.1 Å². The molecule has 3 heterocycles. The third kappa shape index (κ3) is 7.76. The first-order valence-electron chi connectivity index (χ1n) is 14.5. The van der Waals surface area contributed by atoms with Gasteiger partial charge in [0.1, 0.15) is 6.10 Å². The van der Waals surface area contributed by atoms with E-state index in [4.69, 9.17) is 14.2 Å². The lowest BCUT2D eigenvalue weighted by atomic mass is 10.0. The number of benzene rings is 2. The van der Waals surface area contributed by atoms with Gasteiger partial charge in [-0.15, -0.1) is 0 Å². The summed E-state index contributed by atoms with van der Waals surface area (Å²) >= 11 is 0. The van der Waals surface area contributed by atoms with Crippen LogP contribution < -0.4 is 5.32 Å². The maximum atomic E-state index is 13.8. The summed E-state index contributed by atoms with van der Waals surface area (Å²) in [4.78, 5) is 21.5. The number of carbonyl (C=O) groups is 1. The molecule has 1 amide bonds. The van der Waals surface area contributed by atoms with Crippen LogP contribution in [0.2, 0.25) is 0 Å². The SMILES string of the molecule is CC(C)CN(C[C@H](O)[C@H](Cc1ccccc1)NC(=O)O[C@H]1CO[C@H]2OCC[C@H]21)S(=O)(=O)c1ccc(-c2cnccn2)cc1. The molecule has 0 bridgehead atoms. The van der Waals surface area contributed by atoms with Crippen LogP contribution in [0.3, 0.4) is 0 Å². The van der Waals surface area contributed by atoms with Gasteiger partial charge in [-0.05, 0) is 36.5 Å². The summed E-state index contributed by atoms with van der Waals surface area (Å²) in [5.41, 5.74) is 2.23. The van der Waals surface area contributed by atoms with E-state index in [9.17, 15) is 18.3 Å². The maximum absolute atomic E-state index is 13.8. The zero-order valence-electron chi connectivity index (χ0n) is 24.3. The maximum Gasteiger partial charge on any atom is 0.407 e. The molecule has 11 nitrogen and oxygen atoms in total. The summed E-state index contributed by atoms with van der Waals surface area (Å²) in [6.45, 7) is 4.56. The highest BCUT2D eigenvalue weighted by Gasteiger charge is 2.44. The molecule has 2 fully saturated rings. The number of amides is 1. The predicted octanol–water partition coefficient (Wildman–Crippen LogP) is 3.25. The number of aromatic nitrogens is 2. The molecule has 0 unspecified atom stereocenters. The quantitative estimate of drug-likeness (QED) is 0.316. The Kier molecular flexibility index (Phi) is 10.0. The van der Waals surface area contributed by atoms with Crippen LogP contribution >= 0.6 is 0 Å². The fourth-order valence-corrected chi connectivity index (χ4v) is 7.05. The molecule has 2 aromatic carbocycles. The lowest BCUT2D eigenvalue weighted by Gasteiger charge is -2.31. The Balaban J connectivity index is 1.33. The van der Waals surface area contributed by atoms with E-state index in [1.807, 2.05) is 44.2 Å². The number of ether oxygens (including phenoxy) is 3. The minimum absolute atomic E-state index is 0.0183. The molecule has 0 saturated carbocycles. The van der Waals surface area contributed by atoms with Crippen molar-refractivity contribution in [1.82, 2.24) is 19.6 Å². The molecule has 1 aromatic heterocycles. The van der Waals surface area contributed by atoms with Crippen LogP contribution in [0.25, 0.3) is 11.3 Å². The van der Waals surface area contributed by atoms with Gasteiger partial charge in [-0.1, -0.05) is 56.3 Å². The van der Waals surface area contributed by atoms with E-state index in [0.717, 1.165) is 17.5 Å². The fourth-order valence-electron chi connectivity index (χ4n) is 5.43. The monoisotopic (exact) mass is 610 g/mol. The largest absolute Gasteiger partial charge is 0.443 e.